The molecule has 295 valence electrons. The molecule has 0 aromatic carbocycles. The molecular weight excluding hydrogens is 656 g/mol. The Balaban J connectivity index is -0.000000846. The molecule has 0 saturated carbocycles. The fourth-order valence-corrected chi connectivity index (χ4v) is 6.11. The Bertz CT molecular complexity index is 632. The molecule has 0 aliphatic heterocycles. The number of aliphatic carboxylic acids is 2. The number of hydrogen-bond acceptors (Lipinski definition) is 2. The van der Waals surface area contributed by atoms with Crippen LogP contribution in [0.3, 0.4) is 0 Å². The molecule has 0 aromatic heterocycles. The van der Waals surface area contributed by atoms with Gasteiger partial charge in [0.2, 0.25) is 0 Å². The molecular formula is C44H84CuO4. The van der Waals surface area contributed by atoms with Crippen molar-refractivity contribution in [2.75, 3.05) is 0 Å². The molecule has 0 aliphatic rings. The van der Waals surface area contributed by atoms with Crippen molar-refractivity contribution < 1.29 is 36.9 Å². The molecule has 0 saturated heterocycles. The van der Waals surface area contributed by atoms with Gasteiger partial charge in [0.1, 0.15) is 0 Å². The Morgan fingerprint density at radius 1 is 0.327 bits per heavy atom. The Kier molecular flexibility index (Phi) is 52.4. The molecule has 0 spiro atoms. The third-order valence-corrected chi connectivity index (χ3v) is 9.30. The first-order valence-corrected chi connectivity index (χ1v) is 21.3. The molecule has 0 heterocycles. The normalized spacial score (nSPS) is 11.1. The van der Waals surface area contributed by atoms with Crippen LogP contribution in [0.25, 0.3) is 0 Å². The second-order valence-corrected chi connectivity index (χ2v) is 14.3. The summed E-state index contributed by atoms with van der Waals surface area (Å²) in [6.45, 7) is 4.54. The van der Waals surface area contributed by atoms with Crippen molar-refractivity contribution >= 4 is 11.9 Å². The minimum Gasteiger partial charge on any atom is -0.481 e. The summed E-state index contributed by atoms with van der Waals surface area (Å²) in [5, 5.41) is 17.1. The zero-order chi connectivity index (χ0) is 35.4. The van der Waals surface area contributed by atoms with Crippen LogP contribution in [-0.2, 0) is 26.7 Å². The average Bonchev–Trinajstić information content (AvgIpc) is 3.07. The number of carboxylic acids is 2. The van der Waals surface area contributed by atoms with Crippen LogP contribution in [0.15, 0.2) is 24.3 Å². The van der Waals surface area contributed by atoms with E-state index < -0.39 is 11.9 Å². The fraction of sp³-hybridized carbons (Fsp3) is 0.864. The number of carboxylic acid groups (broad SMARTS) is 2. The second-order valence-electron chi connectivity index (χ2n) is 14.3. The van der Waals surface area contributed by atoms with Gasteiger partial charge in [0.25, 0.3) is 0 Å². The molecule has 0 atom stereocenters. The minimum absolute atomic E-state index is 0. The van der Waals surface area contributed by atoms with E-state index in [1.807, 2.05) is 0 Å². The Morgan fingerprint density at radius 2 is 0.510 bits per heavy atom. The van der Waals surface area contributed by atoms with Crippen molar-refractivity contribution in [3.8, 4) is 0 Å². The average molecular weight is 741 g/mol. The molecule has 2 N–H and O–H groups in total. The third-order valence-electron chi connectivity index (χ3n) is 9.30. The van der Waals surface area contributed by atoms with Crippen LogP contribution >= 0.6 is 0 Å². The maximum Gasteiger partial charge on any atom is 0.303 e. The topological polar surface area (TPSA) is 74.6 Å². The van der Waals surface area contributed by atoms with E-state index in [2.05, 4.69) is 38.2 Å². The molecule has 5 heteroatoms. The molecule has 0 unspecified atom stereocenters. The van der Waals surface area contributed by atoms with Crippen LogP contribution in [-0.4, -0.2) is 22.2 Å². The van der Waals surface area contributed by atoms with Crippen molar-refractivity contribution in [3.63, 3.8) is 0 Å². The van der Waals surface area contributed by atoms with E-state index in [4.69, 9.17) is 10.2 Å². The Labute approximate surface area is 317 Å². The number of rotatable bonds is 38. The zero-order valence-corrected chi connectivity index (χ0v) is 33.7. The largest absolute Gasteiger partial charge is 0.481 e. The summed E-state index contributed by atoms with van der Waals surface area (Å²) in [5.74, 6) is -1.31. The minimum atomic E-state index is -0.656. The third kappa shape index (κ3) is 56.6. The van der Waals surface area contributed by atoms with Crippen LogP contribution in [0, 0.1) is 0 Å². The van der Waals surface area contributed by atoms with Gasteiger partial charge in [0.15, 0.2) is 0 Å². The first kappa shape index (κ1) is 52.3. The molecule has 0 amide bonds. The van der Waals surface area contributed by atoms with E-state index in [1.165, 1.54) is 193 Å². The SMILES string of the molecule is CCCCCCCC/C=C/CCCCCCCCCCCC(=O)O.CCCCCCCC/C=C/CCCCCCCCCCCC(=O)O.[Cu]. The van der Waals surface area contributed by atoms with Crippen LogP contribution < -0.4 is 0 Å². The standard InChI is InChI=1S/2C22H42O2.Cu/c2*1-2-3-4-5-6-7-8-9-10-11-12-13-14-15-16-17-18-19-20-21-22(23)24;/h2*9-10H,2-8,11-21H2,1H3,(H,23,24);/b2*10-9+;. The molecule has 1 radical (unpaired) electrons. The van der Waals surface area contributed by atoms with E-state index >= 15 is 0 Å². The van der Waals surface area contributed by atoms with Crippen LogP contribution in [0.5, 0.6) is 0 Å². The van der Waals surface area contributed by atoms with E-state index in [-0.39, 0.29) is 17.1 Å². The zero-order valence-electron chi connectivity index (χ0n) is 32.8. The van der Waals surface area contributed by atoms with Gasteiger partial charge in [0, 0.05) is 29.9 Å². The van der Waals surface area contributed by atoms with E-state index in [0.717, 1.165) is 25.7 Å². The monoisotopic (exact) mass is 740 g/mol. The van der Waals surface area contributed by atoms with Crippen molar-refractivity contribution in [2.45, 2.75) is 245 Å². The van der Waals surface area contributed by atoms with Crippen LogP contribution in [0.2, 0.25) is 0 Å². The molecule has 4 nitrogen and oxygen atoms in total. The first-order chi connectivity index (χ1) is 23.5. The number of allylic oxidation sites excluding steroid dienone is 4. The summed E-state index contributed by atoms with van der Waals surface area (Å²) in [5.41, 5.74) is 0. The van der Waals surface area contributed by atoms with E-state index in [0.29, 0.717) is 12.8 Å². The van der Waals surface area contributed by atoms with Gasteiger partial charge in [-0.05, 0) is 64.2 Å². The van der Waals surface area contributed by atoms with Gasteiger partial charge in [-0.2, -0.15) is 0 Å². The van der Waals surface area contributed by atoms with Gasteiger partial charge in [-0.1, -0.05) is 192 Å². The second kappa shape index (κ2) is 49.1. The van der Waals surface area contributed by atoms with Crippen LogP contribution in [0.4, 0.5) is 0 Å². The number of hydrogen-bond donors (Lipinski definition) is 2. The van der Waals surface area contributed by atoms with Crippen molar-refractivity contribution in [2.24, 2.45) is 0 Å². The summed E-state index contributed by atoms with van der Waals surface area (Å²) in [7, 11) is 0. The molecule has 0 aromatic rings. The van der Waals surface area contributed by atoms with Gasteiger partial charge in [-0.3, -0.25) is 9.59 Å². The maximum absolute atomic E-state index is 10.4. The Hall–Kier alpha value is -1.06. The summed E-state index contributed by atoms with van der Waals surface area (Å²) in [4.78, 5) is 20.8. The molecule has 0 rings (SSSR count). The molecule has 0 bridgehead atoms. The summed E-state index contributed by atoms with van der Waals surface area (Å²) >= 11 is 0. The summed E-state index contributed by atoms with van der Waals surface area (Å²) < 4.78 is 0. The Morgan fingerprint density at radius 3 is 0.714 bits per heavy atom. The number of carbonyl (C=O) groups is 2. The molecule has 0 aliphatic carbocycles. The quantitative estimate of drug-likeness (QED) is 0.0375. The number of unbranched alkanes of at least 4 members (excludes halogenated alkanes) is 30. The van der Waals surface area contributed by atoms with Crippen molar-refractivity contribution in [3.05, 3.63) is 24.3 Å². The van der Waals surface area contributed by atoms with Gasteiger partial charge >= 0.3 is 11.9 Å². The van der Waals surface area contributed by atoms with Crippen LogP contribution in [0.1, 0.15) is 245 Å². The molecule has 0 fully saturated rings. The van der Waals surface area contributed by atoms with Crippen molar-refractivity contribution in [1.82, 2.24) is 0 Å². The van der Waals surface area contributed by atoms with Gasteiger partial charge in [-0.25, -0.2) is 0 Å². The smallest absolute Gasteiger partial charge is 0.303 e. The maximum atomic E-state index is 10.4. The van der Waals surface area contributed by atoms with E-state index in [1.54, 1.807) is 0 Å². The van der Waals surface area contributed by atoms with E-state index in [9.17, 15) is 9.59 Å². The first-order valence-electron chi connectivity index (χ1n) is 21.3. The summed E-state index contributed by atoms with van der Waals surface area (Å²) in [6, 6.07) is 0. The van der Waals surface area contributed by atoms with Gasteiger partial charge in [0.05, 0.1) is 0 Å². The van der Waals surface area contributed by atoms with Gasteiger partial charge in [-0.15, -0.1) is 0 Å². The molecule has 49 heavy (non-hydrogen) atoms. The fourth-order valence-electron chi connectivity index (χ4n) is 6.11. The predicted molar refractivity (Wildman–Crippen MR) is 211 cm³/mol. The summed E-state index contributed by atoms with van der Waals surface area (Å²) in [6.07, 6.45) is 54.2. The van der Waals surface area contributed by atoms with Crippen molar-refractivity contribution in [1.29, 1.82) is 0 Å². The van der Waals surface area contributed by atoms with Gasteiger partial charge < -0.3 is 10.2 Å². The predicted octanol–water partition coefficient (Wildman–Crippen LogP) is 15.3.